The normalized spacial score (nSPS) is 18.9. The quantitative estimate of drug-likeness (QED) is 0.659. The zero-order valence-corrected chi connectivity index (χ0v) is 16.0. The number of rotatable bonds is 5. The zero-order chi connectivity index (χ0) is 21.3. The van der Waals surface area contributed by atoms with Crippen molar-refractivity contribution in [2.75, 3.05) is 26.7 Å². The van der Waals surface area contributed by atoms with E-state index in [4.69, 9.17) is 0 Å². The molecule has 1 aromatic rings. The van der Waals surface area contributed by atoms with Crippen LogP contribution >= 0.6 is 0 Å². The van der Waals surface area contributed by atoms with Crippen LogP contribution in [0.5, 0.6) is 0 Å². The number of hydrogen-bond acceptors (Lipinski definition) is 2. The van der Waals surface area contributed by atoms with E-state index in [-0.39, 0.29) is 24.4 Å². The molecule has 1 aromatic carbocycles. The largest absolute Gasteiger partial charge is 0.419 e. The van der Waals surface area contributed by atoms with Gasteiger partial charge in [-0.05, 0) is 37.1 Å². The fourth-order valence-electron chi connectivity index (χ4n) is 3.48. The molecule has 1 aliphatic rings. The number of hydrogen-bond donors (Lipinski definition) is 0. The molecule has 1 saturated heterocycles. The maximum atomic E-state index is 13.7. The van der Waals surface area contributed by atoms with Gasteiger partial charge in [-0.15, -0.1) is 0 Å². The minimum atomic E-state index is -4.92. The molecule has 3 nitrogen and oxygen atoms in total. The lowest BCUT2D eigenvalue weighted by Gasteiger charge is -2.39. The molecular weight excluding hydrogens is 386 g/mol. The third-order valence-corrected chi connectivity index (χ3v) is 5.02. The summed E-state index contributed by atoms with van der Waals surface area (Å²) in [5.41, 5.74) is -1.81. The van der Waals surface area contributed by atoms with Crippen molar-refractivity contribution in [3.05, 3.63) is 35.1 Å². The maximum Gasteiger partial charge on any atom is 0.419 e. The van der Waals surface area contributed by atoms with E-state index >= 15 is 0 Å². The van der Waals surface area contributed by atoms with Crippen molar-refractivity contribution in [3.63, 3.8) is 0 Å². The summed E-state index contributed by atoms with van der Waals surface area (Å²) in [5.74, 6) is -5.08. The van der Waals surface area contributed by atoms with Crippen molar-refractivity contribution in [2.45, 2.75) is 44.8 Å². The number of piperidine rings is 1. The smallest absolute Gasteiger partial charge is 0.337 e. The van der Waals surface area contributed by atoms with E-state index in [2.05, 4.69) is 0 Å². The van der Waals surface area contributed by atoms with Crippen molar-refractivity contribution in [1.82, 2.24) is 9.80 Å². The van der Waals surface area contributed by atoms with Crippen molar-refractivity contribution in [2.24, 2.45) is 5.92 Å². The minimum absolute atomic E-state index is 0.118. The van der Waals surface area contributed by atoms with Crippen LogP contribution in [0, 0.1) is 11.7 Å². The number of carbonyl (C=O) groups is 1. The van der Waals surface area contributed by atoms with Gasteiger partial charge in [0.05, 0.1) is 12.1 Å². The Morgan fingerprint density at radius 2 is 1.93 bits per heavy atom. The summed E-state index contributed by atoms with van der Waals surface area (Å²) in [6, 6.07) is 1.61. The molecule has 9 heteroatoms. The predicted molar refractivity (Wildman–Crippen MR) is 92.7 cm³/mol. The summed E-state index contributed by atoms with van der Waals surface area (Å²) >= 11 is 0. The Morgan fingerprint density at radius 3 is 2.46 bits per heavy atom. The average molecular weight is 410 g/mol. The minimum Gasteiger partial charge on any atom is -0.337 e. The molecule has 0 N–H and O–H groups in total. The monoisotopic (exact) mass is 410 g/mol. The van der Waals surface area contributed by atoms with Gasteiger partial charge in [-0.1, -0.05) is 13.8 Å². The van der Waals surface area contributed by atoms with Crippen LogP contribution in [0.2, 0.25) is 0 Å². The third kappa shape index (κ3) is 5.40. The highest BCUT2D eigenvalue weighted by Gasteiger charge is 2.38. The summed E-state index contributed by atoms with van der Waals surface area (Å²) in [4.78, 5) is 15.5. The zero-order valence-electron chi connectivity index (χ0n) is 16.0. The van der Waals surface area contributed by atoms with Crippen LogP contribution in [0.4, 0.5) is 26.3 Å². The van der Waals surface area contributed by atoms with Crippen LogP contribution in [0.3, 0.4) is 0 Å². The van der Waals surface area contributed by atoms with E-state index in [1.165, 1.54) is 11.9 Å². The fourth-order valence-corrected chi connectivity index (χ4v) is 3.48. The van der Waals surface area contributed by atoms with Gasteiger partial charge in [0.15, 0.2) is 0 Å². The molecule has 1 atom stereocenters. The molecule has 0 bridgehead atoms. The molecule has 28 heavy (non-hydrogen) atoms. The third-order valence-electron chi connectivity index (χ3n) is 5.02. The first kappa shape index (κ1) is 22.5. The molecule has 0 unspecified atom stereocenters. The Morgan fingerprint density at radius 1 is 1.29 bits per heavy atom. The lowest BCUT2D eigenvalue weighted by molar-refractivity contribution is -0.140. The molecule has 1 fully saturated rings. The SMILES string of the molecule is CC(C)[C@@H](CN1CCCC(F)(F)C1)N(C)C(=O)c1ccc(F)c(C(F)(F)F)c1. The van der Waals surface area contributed by atoms with Gasteiger partial charge in [0.1, 0.15) is 5.82 Å². The highest BCUT2D eigenvalue weighted by Crippen LogP contribution is 2.32. The topological polar surface area (TPSA) is 23.6 Å². The number of likely N-dealkylation sites (N-methyl/N-ethyl adjacent to an activating group) is 1. The Balaban J connectivity index is 2.21. The predicted octanol–water partition coefficient (Wildman–Crippen LogP) is 4.67. The van der Waals surface area contributed by atoms with Gasteiger partial charge in [-0.3, -0.25) is 9.69 Å². The van der Waals surface area contributed by atoms with Crippen LogP contribution in [0.1, 0.15) is 42.6 Å². The molecule has 1 amide bonds. The Kier molecular flexibility index (Phi) is 6.68. The molecule has 0 saturated carbocycles. The highest BCUT2D eigenvalue weighted by molar-refractivity contribution is 5.94. The molecule has 0 spiro atoms. The van der Waals surface area contributed by atoms with Gasteiger partial charge in [0.2, 0.25) is 0 Å². The molecule has 0 aromatic heterocycles. The van der Waals surface area contributed by atoms with Crippen molar-refractivity contribution in [3.8, 4) is 0 Å². The highest BCUT2D eigenvalue weighted by atomic mass is 19.4. The van der Waals surface area contributed by atoms with Crippen LogP contribution in [-0.4, -0.2) is 54.4 Å². The summed E-state index contributed by atoms with van der Waals surface area (Å²) < 4.78 is 79.6. The number of likely N-dealkylation sites (tertiary alicyclic amines) is 1. The number of benzene rings is 1. The van der Waals surface area contributed by atoms with E-state index in [9.17, 15) is 31.1 Å². The van der Waals surface area contributed by atoms with Crippen molar-refractivity contribution in [1.29, 1.82) is 0 Å². The first-order valence-electron chi connectivity index (χ1n) is 9.06. The van der Waals surface area contributed by atoms with E-state index in [0.29, 0.717) is 25.1 Å². The Bertz CT molecular complexity index is 704. The molecule has 0 radical (unpaired) electrons. The van der Waals surface area contributed by atoms with Gasteiger partial charge in [0, 0.05) is 31.6 Å². The van der Waals surface area contributed by atoms with Gasteiger partial charge in [-0.25, -0.2) is 13.2 Å². The van der Waals surface area contributed by atoms with E-state index < -0.39 is 42.0 Å². The standard InChI is InChI=1S/C19H24F6N2O/c1-12(2)16(10-27-8-4-7-18(21,22)11-27)26(3)17(28)13-5-6-15(20)14(9-13)19(23,24)25/h5-6,9,12,16H,4,7-8,10-11H2,1-3H3/t16-/m1/s1. The van der Waals surface area contributed by atoms with Gasteiger partial charge in [-0.2, -0.15) is 13.2 Å². The van der Waals surface area contributed by atoms with E-state index in [0.717, 1.165) is 6.07 Å². The van der Waals surface area contributed by atoms with Crippen LogP contribution in [0.25, 0.3) is 0 Å². The maximum absolute atomic E-state index is 13.7. The first-order chi connectivity index (χ1) is 12.8. The average Bonchev–Trinajstić information content (AvgIpc) is 2.56. The van der Waals surface area contributed by atoms with Gasteiger partial charge < -0.3 is 4.90 Å². The molecule has 158 valence electrons. The van der Waals surface area contributed by atoms with Crippen LogP contribution in [0.15, 0.2) is 18.2 Å². The van der Waals surface area contributed by atoms with Crippen molar-refractivity contribution >= 4 is 5.91 Å². The number of alkyl halides is 5. The molecule has 0 aliphatic carbocycles. The van der Waals surface area contributed by atoms with Crippen LogP contribution in [-0.2, 0) is 6.18 Å². The molecule has 1 aliphatic heterocycles. The van der Waals surface area contributed by atoms with Crippen molar-refractivity contribution < 1.29 is 31.1 Å². The second kappa shape index (κ2) is 8.31. The van der Waals surface area contributed by atoms with E-state index in [1.807, 2.05) is 13.8 Å². The van der Waals surface area contributed by atoms with Gasteiger partial charge in [0.25, 0.3) is 11.8 Å². The fraction of sp³-hybridized carbons (Fsp3) is 0.632. The number of nitrogens with zero attached hydrogens (tertiary/aromatic N) is 2. The second-order valence-corrected chi connectivity index (χ2v) is 7.61. The lowest BCUT2D eigenvalue weighted by atomic mass is 9.99. The lowest BCUT2D eigenvalue weighted by Crippen LogP contribution is -2.52. The first-order valence-corrected chi connectivity index (χ1v) is 9.06. The molecule has 1 heterocycles. The number of carbonyl (C=O) groups excluding carboxylic acids is 1. The van der Waals surface area contributed by atoms with Gasteiger partial charge >= 0.3 is 6.18 Å². The number of amides is 1. The Labute approximate surface area is 160 Å². The second-order valence-electron chi connectivity index (χ2n) is 7.61. The summed E-state index contributed by atoms with van der Waals surface area (Å²) in [6.07, 6.45) is -4.77. The Hall–Kier alpha value is -1.77. The summed E-state index contributed by atoms with van der Waals surface area (Å²) in [7, 11) is 1.42. The number of halogens is 6. The molecular formula is C19H24F6N2O. The summed E-state index contributed by atoms with van der Waals surface area (Å²) in [6.45, 7) is 3.86. The molecule has 2 rings (SSSR count). The van der Waals surface area contributed by atoms with Crippen LogP contribution < -0.4 is 0 Å². The van der Waals surface area contributed by atoms with E-state index in [1.54, 1.807) is 4.90 Å². The summed E-state index contributed by atoms with van der Waals surface area (Å²) in [5, 5.41) is 0.